The number of amides is 1. The van der Waals surface area contributed by atoms with Crippen molar-refractivity contribution in [3.63, 3.8) is 0 Å². The van der Waals surface area contributed by atoms with E-state index in [9.17, 15) is 4.79 Å². The first kappa shape index (κ1) is 20.7. The molecule has 1 heterocycles. The number of carbonyl (C=O) groups excluding carboxylic acids is 1. The van der Waals surface area contributed by atoms with Gasteiger partial charge in [0.1, 0.15) is 12.4 Å². The summed E-state index contributed by atoms with van der Waals surface area (Å²) in [5.74, 6) is 0.953. The minimum Gasteiger partial charge on any atom is -0.492 e. The topological polar surface area (TPSA) is 41.6 Å². The van der Waals surface area contributed by atoms with E-state index in [1.54, 1.807) is 0 Å². The Hall–Kier alpha value is -2.56. The van der Waals surface area contributed by atoms with Crippen molar-refractivity contribution in [2.75, 3.05) is 26.2 Å². The van der Waals surface area contributed by atoms with Gasteiger partial charge in [0.2, 0.25) is 5.91 Å². The monoisotopic (exact) mass is 422 g/mol. The van der Waals surface area contributed by atoms with Crippen molar-refractivity contribution >= 4 is 28.3 Å². The van der Waals surface area contributed by atoms with Crippen molar-refractivity contribution in [1.82, 2.24) is 10.2 Å². The molecule has 0 radical (unpaired) electrons. The zero-order valence-electron chi connectivity index (χ0n) is 17.0. The third-order valence-electron chi connectivity index (χ3n) is 5.62. The number of ether oxygens (including phenoxy) is 1. The Balaban J connectivity index is 1.23. The molecule has 156 valence electrons. The fraction of sp³-hybridized carbons (Fsp3) is 0.320. The third-order valence-corrected chi connectivity index (χ3v) is 5.99. The lowest BCUT2D eigenvalue weighted by atomic mass is 9.96. The lowest BCUT2D eigenvalue weighted by molar-refractivity contribution is -0.126. The standard InChI is InChI=1S/C25H27ClN2O2/c26-24-10-4-3-8-21(24)17-28-14-5-9-22(18-28)25(29)27-13-15-30-23-12-11-19-6-1-2-7-20(19)16-23/h1-4,6-8,10-12,16,22H,5,9,13-15,17-18H2,(H,27,29)/t22-/m0/s1. The molecule has 4 nitrogen and oxygen atoms in total. The first-order chi connectivity index (χ1) is 14.7. The molecule has 0 spiro atoms. The van der Waals surface area contributed by atoms with Crippen LogP contribution in [-0.4, -0.2) is 37.0 Å². The zero-order valence-corrected chi connectivity index (χ0v) is 17.8. The summed E-state index contributed by atoms with van der Waals surface area (Å²) in [5.41, 5.74) is 1.11. The molecule has 3 aromatic rings. The van der Waals surface area contributed by atoms with Gasteiger partial charge in [0.15, 0.2) is 0 Å². The van der Waals surface area contributed by atoms with E-state index in [0.717, 1.165) is 54.2 Å². The Morgan fingerprint density at radius 1 is 1.07 bits per heavy atom. The third kappa shape index (κ3) is 5.32. The van der Waals surface area contributed by atoms with Gasteiger partial charge in [0, 0.05) is 18.1 Å². The maximum absolute atomic E-state index is 12.6. The molecule has 1 fully saturated rings. The molecule has 0 bridgehead atoms. The van der Waals surface area contributed by atoms with Crippen LogP contribution in [0.1, 0.15) is 18.4 Å². The highest BCUT2D eigenvalue weighted by Gasteiger charge is 2.25. The number of fused-ring (bicyclic) bond motifs is 1. The molecule has 0 unspecified atom stereocenters. The summed E-state index contributed by atoms with van der Waals surface area (Å²) < 4.78 is 5.83. The quantitative estimate of drug-likeness (QED) is 0.550. The first-order valence-electron chi connectivity index (χ1n) is 10.5. The Morgan fingerprint density at radius 2 is 1.87 bits per heavy atom. The number of nitrogens with one attached hydrogen (secondary N) is 1. The molecule has 0 aliphatic carbocycles. The van der Waals surface area contributed by atoms with Crippen LogP contribution in [0, 0.1) is 5.92 Å². The molecular weight excluding hydrogens is 396 g/mol. The number of halogens is 1. The van der Waals surface area contributed by atoms with E-state index in [1.165, 1.54) is 5.39 Å². The highest BCUT2D eigenvalue weighted by atomic mass is 35.5. The van der Waals surface area contributed by atoms with Gasteiger partial charge in [-0.05, 0) is 53.9 Å². The van der Waals surface area contributed by atoms with Gasteiger partial charge in [-0.3, -0.25) is 9.69 Å². The number of hydrogen-bond acceptors (Lipinski definition) is 3. The SMILES string of the molecule is O=C(NCCOc1ccc2ccccc2c1)[C@H]1CCCN(Cc2ccccc2Cl)C1. The van der Waals surface area contributed by atoms with Gasteiger partial charge in [-0.15, -0.1) is 0 Å². The fourth-order valence-corrected chi connectivity index (χ4v) is 4.22. The van der Waals surface area contributed by atoms with Crippen molar-refractivity contribution in [3.8, 4) is 5.75 Å². The predicted octanol–water partition coefficient (Wildman–Crippen LogP) is 4.90. The second-order valence-electron chi connectivity index (χ2n) is 7.81. The minimum absolute atomic E-state index is 0.0157. The number of nitrogens with zero attached hydrogens (tertiary/aromatic N) is 1. The molecular formula is C25H27ClN2O2. The van der Waals surface area contributed by atoms with E-state index in [0.29, 0.717) is 13.2 Å². The average molecular weight is 423 g/mol. The van der Waals surface area contributed by atoms with Gasteiger partial charge in [-0.1, -0.05) is 60.1 Å². The van der Waals surface area contributed by atoms with Crippen LogP contribution in [0.3, 0.4) is 0 Å². The van der Waals surface area contributed by atoms with Gasteiger partial charge in [-0.25, -0.2) is 0 Å². The molecule has 1 aliphatic heterocycles. The van der Waals surface area contributed by atoms with Crippen molar-refractivity contribution < 1.29 is 9.53 Å². The number of likely N-dealkylation sites (tertiary alicyclic amines) is 1. The fourth-order valence-electron chi connectivity index (χ4n) is 4.03. The lowest BCUT2D eigenvalue weighted by Gasteiger charge is -2.32. The number of hydrogen-bond donors (Lipinski definition) is 1. The van der Waals surface area contributed by atoms with Gasteiger partial charge in [0.25, 0.3) is 0 Å². The second kappa shape index (κ2) is 9.96. The van der Waals surface area contributed by atoms with Crippen molar-refractivity contribution in [2.24, 2.45) is 5.92 Å². The summed E-state index contributed by atoms with van der Waals surface area (Å²) in [6.07, 6.45) is 1.95. The van der Waals surface area contributed by atoms with Crippen LogP contribution in [0.4, 0.5) is 0 Å². The minimum atomic E-state index is 0.0157. The highest BCUT2D eigenvalue weighted by molar-refractivity contribution is 6.31. The Labute approximate surface area is 182 Å². The molecule has 1 aliphatic rings. The zero-order chi connectivity index (χ0) is 20.8. The molecule has 1 amide bonds. The molecule has 4 rings (SSSR count). The molecule has 1 saturated heterocycles. The summed E-state index contributed by atoms with van der Waals surface area (Å²) in [4.78, 5) is 14.9. The first-order valence-corrected chi connectivity index (χ1v) is 10.9. The number of carbonyl (C=O) groups is 1. The highest BCUT2D eigenvalue weighted by Crippen LogP contribution is 2.23. The number of rotatable bonds is 7. The number of piperidine rings is 1. The molecule has 1 N–H and O–H groups in total. The molecule has 0 aromatic heterocycles. The molecule has 0 saturated carbocycles. The van der Waals surface area contributed by atoms with Crippen LogP contribution in [0.5, 0.6) is 5.75 Å². The average Bonchev–Trinajstić information content (AvgIpc) is 2.78. The van der Waals surface area contributed by atoms with Crippen LogP contribution in [0.25, 0.3) is 10.8 Å². The maximum Gasteiger partial charge on any atom is 0.224 e. The van der Waals surface area contributed by atoms with E-state index in [-0.39, 0.29) is 11.8 Å². The van der Waals surface area contributed by atoms with Gasteiger partial charge < -0.3 is 10.1 Å². The summed E-state index contributed by atoms with van der Waals surface area (Å²) in [5, 5.41) is 6.17. The van der Waals surface area contributed by atoms with E-state index in [2.05, 4.69) is 34.5 Å². The lowest BCUT2D eigenvalue weighted by Crippen LogP contribution is -2.43. The van der Waals surface area contributed by atoms with Crippen LogP contribution in [-0.2, 0) is 11.3 Å². The molecule has 5 heteroatoms. The van der Waals surface area contributed by atoms with E-state index in [4.69, 9.17) is 16.3 Å². The Kier molecular flexibility index (Phi) is 6.88. The maximum atomic E-state index is 12.6. The van der Waals surface area contributed by atoms with Gasteiger partial charge >= 0.3 is 0 Å². The summed E-state index contributed by atoms with van der Waals surface area (Å²) >= 11 is 6.29. The van der Waals surface area contributed by atoms with Gasteiger partial charge in [-0.2, -0.15) is 0 Å². The molecule has 1 atom stereocenters. The van der Waals surface area contributed by atoms with Crippen molar-refractivity contribution in [2.45, 2.75) is 19.4 Å². The molecule has 30 heavy (non-hydrogen) atoms. The normalized spacial score (nSPS) is 17.0. The summed E-state index contributed by atoms with van der Waals surface area (Å²) in [6.45, 7) is 3.52. The molecule has 3 aromatic carbocycles. The smallest absolute Gasteiger partial charge is 0.224 e. The van der Waals surface area contributed by atoms with Crippen molar-refractivity contribution in [3.05, 3.63) is 77.3 Å². The van der Waals surface area contributed by atoms with Crippen LogP contribution >= 0.6 is 11.6 Å². The van der Waals surface area contributed by atoms with E-state index in [1.807, 2.05) is 42.5 Å². The Morgan fingerprint density at radius 3 is 2.73 bits per heavy atom. The van der Waals surface area contributed by atoms with Crippen LogP contribution in [0.2, 0.25) is 5.02 Å². The largest absolute Gasteiger partial charge is 0.492 e. The van der Waals surface area contributed by atoms with E-state index >= 15 is 0 Å². The summed E-state index contributed by atoms with van der Waals surface area (Å²) in [7, 11) is 0. The van der Waals surface area contributed by atoms with Crippen LogP contribution in [0.15, 0.2) is 66.7 Å². The van der Waals surface area contributed by atoms with Crippen LogP contribution < -0.4 is 10.1 Å². The second-order valence-corrected chi connectivity index (χ2v) is 8.22. The Bertz CT molecular complexity index is 1010. The summed E-state index contributed by atoms with van der Waals surface area (Å²) in [6, 6.07) is 22.2. The predicted molar refractivity (Wildman–Crippen MR) is 122 cm³/mol. The van der Waals surface area contributed by atoms with E-state index < -0.39 is 0 Å². The van der Waals surface area contributed by atoms with Gasteiger partial charge in [0.05, 0.1) is 12.5 Å². The van der Waals surface area contributed by atoms with Crippen molar-refractivity contribution in [1.29, 1.82) is 0 Å². The number of benzene rings is 3.